The van der Waals surface area contributed by atoms with Crippen molar-refractivity contribution in [2.45, 2.75) is 13.0 Å². The molecule has 0 aliphatic carbocycles. The van der Waals surface area contributed by atoms with Gasteiger partial charge < -0.3 is 14.7 Å². The van der Waals surface area contributed by atoms with Crippen molar-refractivity contribution < 1.29 is 9.84 Å². The van der Waals surface area contributed by atoms with Crippen LogP contribution in [0.2, 0.25) is 0 Å². The Hall–Kier alpha value is -1.48. The topological polar surface area (TPSA) is 32.7 Å². The van der Waals surface area contributed by atoms with Gasteiger partial charge in [-0.3, -0.25) is 0 Å². The number of rotatable bonds is 5. The number of aliphatic hydroxyl groups excluding tert-OH is 1. The molecule has 1 atom stereocenters. The third-order valence-corrected chi connectivity index (χ3v) is 2.50. The first-order chi connectivity index (χ1) is 7.61. The van der Waals surface area contributed by atoms with Crippen LogP contribution in [0.5, 0.6) is 5.75 Å². The molecule has 0 amide bonds. The molecule has 3 nitrogen and oxygen atoms in total. The van der Waals surface area contributed by atoms with Gasteiger partial charge in [-0.05, 0) is 19.1 Å². The molecule has 1 aromatic carbocycles. The molecule has 0 aliphatic rings. The van der Waals surface area contributed by atoms with E-state index in [4.69, 9.17) is 4.74 Å². The highest BCUT2D eigenvalue weighted by molar-refractivity contribution is 5.60. The van der Waals surface area contributed by atoms with Gasteiger partial charge in [0.2, 0.25) is 0 Å². The molecule has 0 saturated carbocycles. The smallest absolute Gasteiger partial charge is 0.126 e. The lowest BCUT2D eigenvalue weighted by atomic mass is 10.1. The van der Waals surface area contributed by atoms with Gasteiger partial charge in [-0.2, -0.15) is 0 Å². The van der Waals surface area contributed by atoms with E-state index in [1.165, 1.54) is 0 Å². The fourth-order valence-electron chi connectivity index (χ4n) is 1.76. The Bertz CT molecular complexity index is 361. The first-order valence-corrected chi connectivity index (χ1v) is 5.28. The second kappa shape index (κ2) is 5.56. The fourth-order valence-corrected chi connectivity index (χ4v) is 1.76. The molecule has 0 heterocycles. The summed E-state index contributed by atoms with van der Waals surface area (Å²) in [4.78, 5) is 2.03. The Kier molecular flexibility index (Phi) is 4.38. The number of aliphatic hydroxyl groups is 1. The summed E-state index contributed by atoms with van der Waals surface area (Å²) in [5.41, 5.74) is 1.78. The molecule has 3 heteroatoms. The predicted molar refractivity (Wildman–Crippen MR) is 67.1 cm³/mol. The zero-order chi connectivity index (χ0) is 12.1. The van der Waals surface area contributed by atoms with Crippen LogP contribution < -0.4 is 9.64 Å². The standard InChI is InChI=1S/C13H19NO2/c1-5-9-14(3)11-7-6-8-12(16-4)13(11)10(2)15/h5-8,10,15H,1,9H2,2-4H3/t10-/m0/s1. The lowest BCUT2D eigenvalue weighted by Gasteiger charge is -2.23. The second-order valence-electron chi connectivity index (χ2n) is 3.74. The molecule has 16 heavy (non-hydrogen) atoms. The van der Waals surface area contributed by atoms with Crippen LogP contribution in [0.25, 0.3) is 0 Å². The number of nitrogens with zero attached hydrogens (tertiary/aromatic N) is 1. The van der Waals surface area contributed by atoms with Gasteiger partial charge in [0.25, 0.3) is 0 Å². The van der Waals surface area contributed by atoms with Gasteiger partial charge in [0, 0.05) is 24.8 Å². The third kappa shape index (κ3) is 2.55. The Balaban J connectivity index is 3.21. The van der Waals surface area contributed by atoms with Crippen LogP contribution in [0.15, 0.2) is 30.9 Å². The first kappa shape index (κ1) is 12.6. The van der Waals surface area contributed by atoms with Gasteiger partial charge in [0.05, 0.1) is 13.2 Å². The molecule has 0 saturated heterocycles. The Morgan fingerprint density at radius 3 is 2.75 bits per heavy atom. The fraction of sp³-hybridized carbons (Fsp3) is 0.385. The summed E-state index contributed by atoms with van der Waals surface area (Å²) >= 11 is 0. The van der Waals surface area contributed by atoms with Crippen molar-refractivity contribution in [3.8, 4) is 5.75 Å². The Labute approximate surface area is 97.0 Å². The molecule has 0 aromatic heterocycles. The van der Waals surface area contributed by atoms with Crippen LogP contribution >= 0.6 is 0 Å². The second-order valence-corrected chi connectivity index (χ2v) is 3.74. The van der Waals surface area contributed by atoms with Crippen LogP contribution in [0.3, 0.4) is 0 Å². The number of anilines is 1. The molecule has 0 radical (unpaired) electrons. The molecule has 0 spiro atoms. The summed E-state index contributed by atoms with van der Waals surface area (Å²) in [6.07, 6.45) is 1.27. The number of hydrogen-bond acceptors (Lipinski definition) is 3. The van der Waals surface area contributed by atoms with E-state index in [0.717, 1.165) is 17.8 Å². The lowest BCUT2D eigenvalue weighted by Crippen LogP contribution is -2.19. The van der Waals surface area contributed by atoms with Gasteiger partial charge in [0.1, 0.15) is 5.75 Å². The normalized spacial score (nSPS) is 12.0. The highest BCUT2D eigenvalue weighted by Crippen LogP contribution is 2.33. The van der Waals surface area contributed by atoms with E-state index in [1.807, 2.05) is 36.2 Å². The van der Waals surface area contributed by atoms with Crippen molar-refractivity contribution in [3.63, 3.8) is 0 Å². The van der Waals surface area contributed by atoms with Crippen molar-refractivity contribution in [1.82, 2.24) is 0 Å². The van der Waals surface area contributed by atoms with Crippen molar-refractivity contribution in [2.24, 2.45) is 0 Å². The molecule has 1 rings (SSSR count). The van der Waals surface area contributed by atoms with E-state index in [2.05, 4.69) is 6.58 Å². The summed E-state index contributed by atoms with van der Waals surface area (Å²) in [5, 5.41) is 9.80. The first-order valence-electron chi connectivity index (χ1n) is 5.28. The summed E-state index contributed by atoms with van der Waals surface area (Å²) in [7, 11) is 3.57. The highest BCUT2D eigenvalue weighted by Gasteiger charge is 2.15. The molecule has 1 aromatic rings. The summed E-state index contributed by atoms with van der Waals surface area (Å²) in [6, 6.07) is 5.74. The predicted octanol–water partition coefficient (Wildman–Crippen LogP) is 2.37. The molecule has 0 fully saturated rings. The zero-order valence-corrected chi connectivity index (χ0v) is 10.1. The maximum atomic E-state index is 9.80. The molecular weight excluding hydrogens is 202 g/mol. The summed E-state index contributed by atoms with van der Waals surface area (Å²) in [6.45, 7) is 6.18. The Morgan fingerprint density at radius 1 is 1.56 bits per heavy atom. The highest BCUT2D eigenvalue weighted by atomic mass is 16.5. The van der Waals surface area contributed by atoms with E-state index in [1.54, 1.807) is 14.0 Å². The van der Waals surface area contributed by atoms with E-state index in [0.29, 0.717) is 5.75 Å². The monoisotopic (exact) mass is 221 g/mol. The average Bonchev–Trinajstić information content (AvgIpc) is 2.28. The van der Waals surface area contributed by atoms with Gasteiger partial charge in [-0.15, -0.1) is 6.58 Å². The van der Waals surface area contributed by atoms with E-state index < -0.39 is 6.10 Å². The van der Waals surface area contributed by atoms with Crippen LogP contribution in [0, 0.1) is 0 Å². The van der Waals surface area contributed by atoms with Gasteiger partial charge >= 0.3 is 0 Å². The molecule has 0 unspecified atom stereocenters. The molecule has 88 valence electrons. The van der Waals surface area contributed by atoms with Crippen LogP contribution in [-0.2, 0) is 0 Å². The number of methoxy groups -OCH3 is 1. The van der Waals surface area contributed by atoms with Crippen molar-refractivity contribution >= 4 is 5.69 Å². The van der Waals surface area contributed by atoms with Crippen molar-refractivity contribution in [1.29, 1.82) is 0 Å². The van der Waals surface area contributed by atoms with Crippen LogP contribution in [-0.4, -0.2) is 25.8 Å². The molecule has 0 aliphatic heterocycles. The minimum absolute atomic E-state index is 0.557. The Morgan fingerprint density at radius 2 is 2.25 bits per heavy atom. The SMILES string of the molecule is C=CCN(C)c1cccc(OC)c1[C@H](C)O. The van der Waals surface area contributed by atoms with E-state index in [9.17, 15) is 5.11 Å². The van der Waals surface area contributed by atoms with Gasteiger partial charge in [-0.1, -0.05) is 12.1 Å². The number of ether oxygens (including phenoxy) is 1. The molecule has 0 bridgehead atoms. The molecular formula is C13H19NO2. The maximum Gasteiger partial charge on any atom is 0.126 e. The number of likely N-dealkylation sites (N-methyl/N-ethyl adjacent to an activating group) is 1. The lowest BCUT2D eigenvalue weighted by molar-refractivity contribution is 0.194. The average molecular weight is 221 g/mol. The summed E-state index contributed by atoms with van der Waals surface area (Å²) in [5.74, 6) is 0.711. The quantitative estimate of drug-likeness (QED) is 0.775. The van der Waals surface area contributed by atoms with Crippen LogP contribution in [0.4, 0.5) is 5.69 Å². The number of benzene rings is 1. The molecule has 1 N–H and O–H groups in total. The van der Waals surface area contributed by atoms with Crippen LogP contribution in [0.1, 0.15) is 18.6 Å². The minimum atomic E-state index is -0.557. The van der Waals surface area contributed by atoms with E-state index >= 15 is 0 Å². The van der Waals surface area contributed by atoms with Gasteiger partial charge in [0.15, 0.2) is 0 Å². The number of hydrogen-bond donors (Lipinski definition) is 1. The van der Waals surface area contributed by atoms with Gasteiger partial charge in [-0.25, -0.2) is 0 Å². The van der Waals surface area contributed by atoms with Crippen molar-refractivity contribution in [3.05, 3.63) is 36.4 Å². The van der Waals surface area contributed by atoms with E-state index in [-0.39, 0.29) is 0 Å². The minimum Gasteiger partial charge on any atom is -0.496 e. The maximum absolute atomic E-state index is 9.80. The summed E-state index contributed by atoms with van der Waals surface area (Å²) < 4.78 is 5.26. The van der Waals surface area contributed by atoms with Crippen molar-refractivity contribution in [2.75, 3.05) is 25.6 Å². The largest absolute Gasteiger partial charge is 0.496 e. The zero-order valence-electron chi connectivity index (χ0n) is 10.1. The third-order valence-electron chi connectivity index (χ3n) is 2.50.